The summed E-state index contributed by atoms with van der Waals surface area (Å²) < 4.78 is 50.4. The van der Waals surface area contributed by atoms with Gasteiger partial charge < -0.3 is 19.3 Å². The molecule has 2 aromatic heterocycles. The molecule has 2 atom stereocenters. The number of anilines is 1. The molecule has 186 valence electrons. The third kappa shape index (κ3) is 5.89. The fourth-order valence-electron chi connectivity index (χ4n) is 4.14. The number of carbonyl (C=O) groups is 1. The van der Waals surface area contributed by atoms with Crippen molar-refractivity contribution in [3.63, 3.8) is 0 Å². The zero-order valence-corrected chi connectivity index (χ0v) is 18.6. The largest absolute Gasteiger partial charge is 0.488 e. The minimum absolute atomic E-state index is 0.0536. The molecule has 4 rings (SSSR count). The molecule has 2 aliphatic rings. The maximum absolute atomic E-state index is 13.1. The van der Waals surface area contributed by atoms with Crippen LogP contribution in [0.15, 0.2) is 29.3 Å². The van der Waals surface area contributed by atoms with Gasteiger partial charge in [0, 0.05) is 32.4 Å². The van der Waals surface area contributed by atoms with E-state index in [0.717, 1.165) is 12.0 Å². The van der Waals surface area contributed by atoms with Gasteiger partial charge in [-0.15, -0.1) is 0 Å². The summed E-state index contributed by atoms with van der Waals surface area (Å²) in [6, 6.07) is 5.51. The fraction of sp³-hybridized carbons (Fsp3) is 0.500. The lowest BCUT2D eigenvalue weighted by molar-refractivity contribution is -0.141. The van der Waals surface area contributed by atoms with Gasteiger partial charge in [-0.1, -0.05) is 0 Å². The highest BCUT2D eigenvalue weighted by molar-refractivity contribution is 5.77. The molecule has 2 saturated heterocycles. The topological polar surface area (TPSA) is 124 Å². The quantitative estimate of drug-likeness (QED) is 0.647. The van der Waals surface area contributed by atoms with Crippen molar-refractivity contribution in [2.75, 3.05) is 37.7 Å². The van der Waals surface area contributed by atoms with E-state index in [4.69, 9.17) is 14.7 Å². The lowest BCUT2D eigenvalue weighted by Gasteiger charge is -2.35. The minimum atomic E-state index is -4.88. The highest BCUT2D eigenvalue weighted by Crippen LogP contribution is 2.33. The first-order valence-corrected chi connectivity index (χ1v) is 11.1. The van der Waals surface area contributed by atoms with E-state index >= 15 is 0 Å². The van der Waals surface area contributed by atoms with Gasteiger partial charge in [0.2, 0.25) is 5.91 Å². The number of aromatic nitrogens is 3. The summed E-state index contributed by atoms with van der Waals surface area (Å²) in [7, 11) is 0. The molecule has 0 aliphatic carbocycles. The smallest absolute Gasteiger partial charge is 0.425 e. The van der Waals surface area contributed by atoms with Crippen molar-refractivity contribution in [3.05, 3.63) is 46.0 Å². The number of ether oxygens (including phenoxy) is 2. The number of halogens is 3. The number of piperazine rings is 1. The molecule has 0 aromatic carbocycles. The lowest BCUT2D eigenvalue weighted by Crippen LogP contribution is -2.49. The second-order valence-electron chi connectivity index (χ2n) is 8.29. The third-order valence-electron chi connectivity index (χ3n) is 5.96. The van der Waals surface area contributed by atoms with Gasteiger partial charge in [-0.3, -0.25) is 9.59 Å². The number of amides is 1. The van der Waals surface area contributed by atoms with E-state index in [0.29, 0.717) is 44.6 Å². The number of hydrogen-bond donors (Lipinski definition) is 1. The van der Waals surface area contributed by atoms with Gasteiger partial charge in [0.15, 0.2) is 11.3 Å². The summed E-state index contributed by atoms with van der Waals surface area (Å²) in [5.74, 6) is 0.0449. The Hall–Kier alpha value is -3.66. The fourth-order valence-corrected chi connectivity index (χ4v) is 4.14. The summed E-state index contributed by atoms with van der Waals surface area (Å²) in [6.45, 7) is 2.08. The Kier molecular flexibility index (Phi) is 7.20. The van der Waals surface area contributed by atoms with Crippen LogP contribution in [0.4, 0.5) is 19.0 Å². The lowest BCUT2D eigenvalue weighted by atomic mass is 10.1. The maximum Gasteiger partial charge on any atom is 0.425 e. The molecule has 1 amide bonds. The second-order valence-corrected chi connectivity index (χ2v) is 8.29. The van der Waals surface area contributed by atoms with Crippen molar-refractivity contribution in [2.45, 2.75) is 37.6 Å². The van der Waals surface area contributed by atoms with Crippen LogP contribution >= 0.6 is 0 Å². The van der Waals surface area contributed by atoms with Crippen LogP contribution in [0.2, 0.25) is 0 Å². The van der Waals surface area contributed by atoms with Crippen LogP contribution in [-0.4, -0.2) is 71.0 Å². The van der Waals surface area contributed by atoms with Crippen molar-refractivity contribution >= 4 is 11.7 Å². The Morgan fingerprint density at radius 1 is 1.20 bits per heavy atom. The Balaban J connectivity index is 1.23. The number of nitrogens with one attached hydrogen (secondary N) is 1. The predicted molar refractivity (Wildman–Crippen MR) is 116 cm³/mol. The molecular weight excluding hydrogens is 469 g/mol. The summed E-state index contributed by atoms with van der Waals surface area (Å²) in [6.07, 6.45) is -2.12. The van der Waals surface area contributed by atoms with E-state index in [1.807, 2.05) is 11.0 Å². The molecule has 4 heterocycles. The molecule has 0 radical (unpaired) electrons. The molecule has 0 unspecified atom stereocenters. The van der Waals surface area contributed by atoms with Crippen molar-refractivity contribution in [1.29, 1.82) is 5.26 Å². The molecular formula is C22H23F3N6O4. The normalized spacial score (nSPS) is 20.5. The van der Waals surface area contributed by atoms with Crippen LogP contribution in [-0.2, 0) is 15.7 Å². The standard InChI is InChI=1S/C22H23F3N6O4/c23-22(24,25)20-17(12-28-29-21(20)33)34-13-16-3-2-15(35-16)9-19(32)31-7-5-30(6-8-31)18-4-1-14(10-26)11-27-18/h1,4,11-12,15-16H,2-3,5-9,13H2,(H,29,33)/t15-,16+/m1/s1. The third-order valence-corrected chi connectivity index (χ3v) is 5.96. The Morgan fingerprint density at radius 3 is 2.60 bits per heavy atom. The van der Waals surface area contributed by atoms with Crippen LogP contribution in [0.5, 0.6) is 5.75 Å². The van der Waals surface area contributed by atoms with E-state index in [1.165, 1.54) is 6.20 Å². The maximum atomic E-state index is 13.1. The monoisotopic (exact) mass is 492 g/mol. The predicted octanol–water partition coefficient (Wildman–Crippen LogP) is 1.72. The van der Waals surface area contributed by atoms with Gasteiger partial charge in [0.05, 0.1) is 30.4 Å². The van der Waals surface area contributed by atoms with Crippen LogP contribution in [0.1, 0.15) is 30.4 Å². The van der Waals surface area contributed by atoms with Gasteiger partial charge in [-0.25, -0.2) is 10.1 Å². The molecule has 0 saturated carbocycles. The molecule has 0 spiro atoms. The SMILES string of the molecule is N#Cc1ccc(N2CCN(C(=O)C[C@H]3CC[C@@H](COc4cn[nH]c(=O)c4C(F)(F)F)O3)CC2)nc1. The molecule has 35 heavy (non-hydrogen) atoms. The van der Waals surface area contributed by atoms with E-state index in [9.17, 15) is 22.8 Å². The Morgan fingerprint density at radius 2 is 1.94 bits per heavy atom. The van der Waals surface area contributed by atoms with Crippen molar-refractivity contribution in [1.82, 2.24) is 20.1 Å². The average Bonchev–Trinajstić information content (AvgIpc) is 3.29. The van der Waals surface area contributed by atoms with Gasteiger partial charge in [0.1, 0.15) is 18.5 Å². The summed E-state index contributed by atoms with van der Waals surface area (Å²) in [5, 5.41) is 14.0. The number of aromatic amines is 1. The van der Waals surface area contributed by atoms with Crippen LogP contribution < -0.4 is 15.2 Å². The molecule has 0 bridgehead atoms. The van der Waals surface area contributed by atoms with E-state index < -0.39 is 29.2 Å². The molecule has 2 aromatic rings. The van der Waals surface area contributed by atoms with Gasteiger partial charge in [-0.05, 0) is 25.0 Å². The van der Waals surface area contributed by atoms with Gasteiger partial charge >= 0.3 is 6.18 Å². The average molecular weight is 492 g/mol. The molecule has 1 N–H and O–H groups in total. The molecule has 2 fully saturated rings. The highest BCUT2D eigenvalue weighted by atomic mass is 19.4. The first kappa shape index (κ1) is 24.5. The van der Waals surface area contributed by atoms with Crippen LogP contribution in [0.3, 0.4) is 0 Å². The molecule has 13 heteroatoms. The summed E-state index contributed by atoms with van der Waals surface area (Å²) in [4.78, 5) is 32.3. The van der Waals surface area contributed by atoms with Crippen LogP contribution in [0, 0.1) is 11.3 Å². The number of alkyl halides is 3. The number of H-pyrrole nitrogens is 1. The number of carbonyl (C=O) groups excluding carboxylic acids is 1. The summed E-state index contributed by atoms with van der Waals surface area (Å²) >= 11 is 0. The van der Waals surface area contributed by atoms with E-state index in [1.54, 1.807) is 22.1 Å². The molecule has 10 nitrogen and oxygen atoms in total. The Bertz CT molecular complexity index is 1140. The summed E-state index contributed by atoms with van der Waals surface area (Å²) in [5.41, 5.74) is -2.33. The number of rotatable bonds is 6. The second kappa shape index (κ2) is 10.3. The zero-order valence-electron chi connectivity index (χ0n) is 18.6. The van der Waals surface area contributed by atoms with Crippen molar-refractivity contribution in [2.24, 2.45) is 0 Å². The van der Waals surface area contributed by atoms with Crippen LogP contribution in [0.25, 0.3) is 0 Å². The number of nitriles is 1. The van der Waals surface area contributed by atoms with Gasteiger partial charge in [0.25, 0.3) is 5.56 Å². The molecule has 2 aliphatic heterocycles. The van der Waals surface area contributed by atoms with Gasteiger partial charge in [-0.2, -0.15) is 23.5 Å². The van der Waals surface area contributed by atoms with E-state index in [2.05, 4.69) is 10.1 Å². The number of nitrogens with zero attached hydrogens (tertiary/aromatic N) is 5. The first-order valence-electron chi connectivity index (χ1n) is 11.1. The minimum Gasteiger partial charge on any atom is -0.488 e. The first-order chi connectivity index (χ1) is 16.7. The highest BCUT2D eigenvalue weighted by Gasteiger charge is 2.39. The van der Waals surface area contributed by atoms with E-state index in [-0.39, 0.29) is 25.0 Å². The zero-order chi connectivity index (χ0) is 25.0. The number of hydrogen-bond acceptors (Lipinski definition) is 8. The Labute approximate surface area is 198 Å². The van der Waals surface area contributed by atoms with Crippen molar-refractivity contribution in [3.8, 4) is 11.8 Å². The number of pyridine rings is 1. The van der Waals surface area contributed by atoms with Crippen molar-refractivity contribution < 1.29 is 27.4 Å².